The maximum atomic E-state index is 12.9. The van der Waals surface area contributed by atoms with Gasteiger partial charge in [-0.15, -0.1) is 0 Å². The molecule has 0 atom stereocenters. The zero-order valence-electron chi connectivity index (χ0n) is 12.2. The lowest BCUT2D eigenvalue weighted by atomic mass is 10.2. The number of rotatable bonds is 5. The Morgan fingerprint density at radius 2 is 1.71 bits per heavy atom. The van der Waals surface area contributed by atoms with Crippen LogP contribution < -0.4 is 9.47 Å². The number of ether oxygens (including phenoxy) is 2. The van der Waals surface area contributed by atoms with Crippen molar-refractivity contribution in [2.45, 2.75) is 0 Å². The second-order valence-electron chi connectivity index (χ2n) is 4.69. The highest BCUT2D eigenvalue weighted by Crippen LogP contribution is 2.32. The monoisotopic (exact) mass is 439 g/mol. The molecule has 0 saturated carbocycles. The number of allylic oxidation sites excluding steroid dienone is 2. The van der Waals surface area contributed by atoms with Crippen LogP contribution in [-0.4, -0.2) is 8.94 Å². The second kappa shape index (κ2) is 7.35. The van der Waals surface area contributed by atoms with E-state index in [4.69, 9.17) is 9.47 Å². The molecule has 0 fully saturated rings. The molecule has 0 amide bonds. The maximum absolute atomic E-state index is 12.9. The van der Waals surface area contributed by atoms with Crippen molar-refractivity contribution >= 4 is 30.4 Å². The van der Waals surface area contributed by atoms with Gasteiger partial charge in [-0.05, 0) is 44.5 Å². The molecule has 0 bridgehead atoms. The summed E-state index contributed by atoms with van der Waals surface area (Å²) < 4.78 is 28.2. The summed E-state index contributed by atoms with van der Waals surface area (Å²) in [4.78, 5) is 10.6. The summed E-state index contributed by atoms with van der Waals surface area (Å²) in [5.41, 5.74) is -0.151. The van der Waals surface area contributed by atoms with E-state index in [-0.39, 0.29) is 38.0 Å². The smallest absolute Gasteiger partial charge is 0.276 e. The van der Waals surface area contributed by atoms with Crippen LogP contribution in [0.4, 0.5) is 10.1 Å². The summed E-state index contributed by atoms with van der Waals surface area (Å²) >= 11 is -0.0744. The summed E-state index contributed by atoms with van der Waals surface area (Å²) in [5.74, 6) is 1.13. The molecular weight excluding hydrogens is 428 g/mol. The molecule has 2 aromatic carbocycles. The van der Waals surface area contributed by atoms with Crippen LogP contribution in [0.5, 0.6) is 17.2 Å². The van der Waals surface area contributed by atoms with E-state index in [1.54, 1.807) is 6.07 Å². The minimum atomic E-state index is -0.521. The molecule has 0 aliphatic carbocycles. The predicted molar refractivity (Wildman–Crippen MR) is 97.5 cm³/mol. The minimum absolute atomic E-state index is 0.0744. The van der Waals surface area contributed by atoms with Crippen molar-refractivity contribution < 1.29 is 18.8 Å². The molecule has 24 heavy (non-hydrogen) atoms. The number of non-ortho nitro benzene ring substituents is 1. The summed E-state index contributed by atoms with van der Waals surface area (Å²) in [6.45, 7) is 0. The molecular formula is C17H11FINO4. The number of hydrogen-bond donors (Lipinski definition) is 0. The Bertz CT molecular complexity index is 859. The molecule has 1 aliphatic heterocycles. The van der Waals surface area contributed by atoms with Gasteiger partial charge in [-0.25, -0.2) is 4.39 Å². The number of nitro groups is 1. The summed E-state index contributed by atoms with van der Waals surface area (Å²) in [6, 6.07) is 9.56. The Hall–Kier alpha value is -2.55. The van der Waals surface area contributed by atoms with Crippen LogP contribution >= 0.6 is 20.7 Å². The predicted octanol–water partition coefficient (Wildman–Crippen LogP) is 5.09. The quantitative estimate of drug-likeness (QED) is 0.370. The van der Waals surface area contributed by atoms with E-state index in [9.17, 15) is 14.5 Å². The highest BCUT2D eigenvalue weighted by molar-refractivity contribution is 14.2. The number of halogens is 2. The van der Waals surface area contributed by atoms with Crippen LogP contribution in [0.15, 0.2) is 64.5 Å². The van der Waals surface area contributed by atoms with Gasteiger partial charge >= 0.3 is 0 Å². The molecule has 0 unspecified atom stereocenters. The van der Waals surface area contributed by atoms with Crippen molar-refractivity contribution in [1.29, 1.82) is 0 Å². The normalized spacial score (nSPS) is 13.0. The first-order valence-electron chi connectivity index (χ1n) is 6.83. The van der Waals surface area contributed by atoms with E-state index in [0.29, 0.717) is 17.3 Å². The lowest BCUT2D eigenvalue weighted by molar-refractivity contribution is -0.385. The van der Waals surface area contributed by atoms with Crippen LogP contribution in [0.1, 0.15) is 0 Å². The van der Waals surface area contributed by atoms with Crippen molar-refractivity contribution in [2.75, 3.05) is 0 Å². The van der Waals surface area contributed by atoms with E-state index >= 15 is 0 Å². The second-order valence-corrected chi connectivity index (χ2v) is 6.85. The topological polar surface area (TPSA) is 61.6 Å². The van der Waals surface area contributed by atoms with Gasteiger partial charge in [0.05, 0.1) is 17.1 Å². The summed E-state index contributed by atoms with van der Waals surface area (Å²) in [6.07, 6.45) is 3.68. The van der Waals surface area contributed by atoms with Crippen LogP contribution in [-0.2, 0) is 0 Å². The number of benzene rings is 2. The van der Waals surface area contributed by atoms with Gasteiger partial charge in [-0.1, -0.05) is 20.7 Å². The zero-order valence-corrected chi connectivity index (χ0v) is 14.3. The highest BCUT2D eigenvalue weighted by atomic mass is 127. The van der Waals surface area contributed by atoms with Crippen molar-refractivity contribution in [2.24, 2.45) is 0 Å². The van der Waals surface area contributed by atoms with Gasteiger partial charge in [-0.2, -0.15) is 0 Å². The fourth-order valence-electron chi connectivity index (χ4n) is 1.92. The molecule has 1 heterocycles. The van der Waals surface area contributed by atoms with Gasteiger partial charge < -0.3 is 9.47 Å². The Morgan fingerprint density at radius 1 is 1.00 bits per heavy atom. The van der Waals surface area contributed by atoms with E-state index < -0.39 is 4.92 Å². The van der Waals surface area contributed by atoms with Gasteiger partial charge in [-0.3, -0.25) is 10.1 Å². The molecule has 7 heteroatoms. The average molecular weight is 439 g/mol. The van der Waals surface area contributed by atoms with E-state index in [1.807, 2.05) is 20.2 Å². The van der Waals surface area contributed by atoms with Crippen molar-refractivity contribution in [1.82, 2.24) is 0 Å². The van der Waals surface area contributed by atoms with E-state index in [0.717, 1.165) is 0 Å². The highest BCUT2D eigenvalue weighted by Gasteiger charge is 2.13. The van der Waals surface area contributed by atoms with Gasteiger partial charge in [0.15, 0.2) is 0 Å². The van der Waals surface area contributed by atoms with Crippen molar-refractivity contribution in [3.8, 4) is 17.2 Å². The van der Waals surface area contributed by atoms with Crippen molar-refractivity contribution in [3.63, 3.8) is 0 Å². The Balaban J connectivity index is 1.89. The third-order valence-corrected chi connectivity index (χ3v) is 4.51. The molecule has 2 aromatic rings. The third-order valence-electron chi connectivity index (χ3n) is 2.96. The molecule has 0 radical (unpaired) electrons. The van der Waals surface area contributed by atoms with Crippen LogP contribution in [0.2, 0.25) is 0 Å². The van der Waals surface area contributed by atoms with Crippen LogP contribution in [0.3, 0.4) is 0 Å². The number of nitro benzene ring substituents is 1. The molecule has 1 aliphatic rings. The van der Waals surface area contributed by atoms with Crippen LogP contribution in [0, 0.1) is 15.9 Å². The standard InChI is InChI=1S/C17H11FINO4/c18-12-1-3-14(4-2-12)23-16-9-13(20(21)22)10-17(11-16)24-15-5-7-19-8-6-15/h1-11H. The first-order valence-corrected chi connectivity index (χ1v) is 9.32. The van der Waals surface area contributed by atoms with Crippen molar-refractivity contribution in [3.05, 3.63) is 80.4 Å². The van der Waals surface area contributed by atoms with E-state index in [1.165, 1.54) is 36.4 Å². The fourth-order valence-corrected chi connectivity index (χ4v) is 3.28. The molecule has 0 N–H and O–H groups in total. The first kappa shape index (κ1) is 16.3. The zero-order chi connectivity index (χ0) is 16.9. The average Bonchev–Trinajstić information content (AvgIpc) is 2.58. The van der Waals surface area contributed by atoms with Gasteiger partial charge in [0.25, 0.3) is 5.69 Å². The first-order chi connectivity index (χ1) is 11.6. The Morgan fingerprint density at radius 3 is 2.33 bits per heavy atom. The lowest BCUT2D eigenvalue weighted by Gasteiger charge is -2.10. The third kappa shape index (κ3) is 4.25. The largest absolute Gasteiger partial charge is 0.457 e. The molecule has 0 spiro atoms. The van der Waals surface area contributed by atoms with E-state index in [2.05, 4.69) is 0 Å². The summed E-state index contributed by atoms with van der Waals surface area (Å²) in [5, 5.41) is 11.1. The molecule has 122 valence electrons. The van der Waals surface area contributed by atoms with Crippen LogP contribution in [0.25, 0.3) is 0 Å². The maximum Gasteiger partial charge on any atom is 0.276 e. The van der Waals surface area contributed by atoms with Gasteiger partial charge in [0.1, 0.15) is 28.8 Å². The lowest BCUT2D eigenvalue weighted by Crippen LogP contribution is -1.96. The minimum Gasteiger partial charge on any atom is -0.457 e. The van der Waals surface area contributed by atoms with Gasteiger partial charge in [0, 0.05) is 6.07 Å². The molecule has 0 aromatic heterocycles. The molecule has 3 rings (SSSR count). The SMILES string of the molecule is O=[N+]([O-])c1cc(OC2=CC=IC=C2)cc(Oc2ccc(F)cc2)c1. The summed E-state index contributed by atoms with van der Waals surface area (Å²) in [7, 11) is 0. The fraction of sp³-hybridized carbons (Fsp3) is 0. The molecule has 5 nitrogen and oxygen atoms in total. The number of nitrogens with zero attached hydrogens (tertiary/aromatic N) is 1. The Kier molecular flexibility index (Phi) is 4.99. The Labute approximate surface area is 146 Å². The van der Waals surface area contributed by atoms with Gasteiger partial charge in [0.2, 0.25) is 0 Å². The molecule has 0 saturated heterocycles. The number of hydrogen-bond acceptors (Lipinski definition) is 4.